The Balaban J connectivity index is 2.60. The van der Waals surface area contributed by atoms with Gasteiger partial charge in [-0.15, -0.1) is 0 Å². The number of rotatable bonds is 4. The van der Waals surface area contributed by atoms with Gasteiger partial charge in [0.15, 0.2) is 0 Å². The SMILES string of the molecule is CC(CNC(=O)c1cnccc1N)S(C)=O. The summed E-state index contributed by atoms with van der Waals surface area (Å²) in [5, 5.41) is 2.59. The van der Waals surface area contributed by atoms with Crippen molar-refractivity contribution < 1.29 is 9.00 Å². The van der Waals surface area contributed by atoms with E-state index in [1.807, 2.05) is 6.92 Å². The number of hydrogen-bond acceptors (Lipinski definition) is 4. The monoisotopic (exact) mass is 241 g/mol. The number of aromatic nitrogens is 1. The fourth-order valence-electron chi connectivity index (χ4n) is 1.04. The largest absolute Gasteiger partial charge is 0.398 e. The fourth-order valence-corrected chi connectivity index (χ4v) is 1.36. The van der Waals surface area contributed by atoms with Gasteiger partial charge in [-0.3, -0.25) is 14.0 Å². The lowest BCUT2D eigenvalue weighted by Crippen LogP contribution is -2.33. The van der Waals surface area contributed by atoms with Gasteiger partial charge in [-0.1, -0.05) is 0 Å². The lowest BCUT2D eigenvalue weighted by molar-refractivity contribution is 0.0954. The maximum atomic E-state index is 11.7. The molecular weight excluding hydrogens is 226 g/mol. The van der Waals surface area contributed by atoms with E-state index in [1.54, 1.807) is 12.3 Å². The Morgan fingerprint density at radius 1 is 1.69 bits per heavy atom. The van der Waals surface area contributed by atoms with Crippen LogP contribution in [0.5, 0.6) is 0 Å². The molecule has 0 saturated carbocycles. The average Bonchev–Trinajstić information content (AvgIpc) is 2.25. The molecule has 1 rings (SSSR count). The van der Waals surface area contributed by atoms with Crippen molar-refractivity contribution in [1.29, 1.82) is 0 Å². The van der Waals surface area contributed by atoms with Gasteiger partial charge >= 0.3 is 0 Å². The van der Waals surface area contributed by atoms with Gasteiger partial charge in [0.25, 0.3) is 5.91 Å². The van der Waals surface area contributed by atoms with E-state index < -0.39 is 10.8 Å². The summed E-state index contributed by atoms with van der Waals surface area (Å²) in [5.74, 6) is -0.289. The summed E-state index contributed by atoms with van der Waals surface area (Å²) in [7, 11) is -0.950. The Hall–Kier alpha value is -1.43. The van der Waals surface area contributed by atoms with Crippen molar-refractivity contribution in [3.05, 3.63) is 24.0 Å². The van der Waals surface area contributed by atoms with Crippen molar-refractivity contribution in [1.82, 2.24) is 10.3 Å². The van der Waals surface area contributed by atoms with Crippen LogP contribution in [-0.2, 0) is 10.8 Å². The van der Waals surface area contributed by atoms with E-state index >= 15 is 0 Å². The molecule has 0 fully saturated rings. The summed E-state index contributed by atoms with van der Waals surface area (Å²) in [6.07, 6.45) is 4.54. The Bertz CT molecular complexity index is 409. The molecule has 3 N–H and O–H groups in total. The molecule has 0 spiro atoms. The standard InChI is InChI=1S/C10H15N3O2S/c1-7(16(2)15)5-13-10(14)8-6-12-4-3-9(8)11/h3-4,6-7H,5H2,1-2H3,(H2,11,12)(H,13,14). The zero-order valence-corrected chi connectivity index (χ0v) is 10.1. The Morgan fingerprint density at radius 3 is 2.94 bits per heavy atom. The molecular formula is C10H15N3O2S. The molecule has 1 aromatic rings. The molecule has 5 nitrogen and oxygen atoms in total. The molecule has 0 aliphatic heterocycles. The molecule has 1 heterocycles. The van der Waals surface area contributed by atoms with Gasteiger partial charge in [0.05, 0.1) is 5.56 Å². The Kier molecular flexibility index (Phi) is 4.42. The van der Waals surface area contributed by atoms with Crippen LogP contribution < -0.4 is 11.1 Å². The maximum Gasteiger partial charge on any atom is 0.254 e. The van der Waals surface area contributed by atoms with Crippen molar-refractivity contribution in [3.63, 3.8) is 0 Å². The van der Waals surface area contributed by atoms with E-state index in [2.05, 4.69) is 10.3 Å². The van der Waals surface area contributed by atoms with Crippen LogP contribution in [0.2, 0.25) is 0 Å². The van der Waals surface area contributed by atoms with Crippen LogP contribution >= 0.6 is 0 Å². The number of carbonyl (C=O) groups is 1. The molecule has 0 saturated heterocycles. The number of anilines is 1. The number of nitrogen functional groups attached to an aromatic ring is 1. The van der Waals surface area contributed by atoms with E-state index in [0.29, 0.717) is 17.8 Å². The molecule has 0 aliphatic rings. The number of nitrogens with two attached hydrogens (primary N) is 1. The predicted octanol–water partition coefficient (Wildman–Crippen LogP) is 0.161. The zero-order valence-electron chi connectivity index (χ0n) is 9.27. The smallest absolute Gasteiger partial charge is 0.254 e. The molecule has 16 heavy (non-hydrogen) atoms. The number of pyridine rings is 1. The van der Waals surface area contributed by atoms with Crippen molar-refractivity contribution >= 4 is 22.4 Å². The number of carbonyl (C=O) groups excluding carboxylic acids is 1. The first kappa shape index (κ1) is 12.6. The minimum Gasteiger partial charge on any atom is -0.398 e. The summed E-state index contributed by atoms with van der Waals surface area (Å²) in [6.45, 7) is 2.17. The third kappa shape index (κ3) is 3.30. The highest BCUT2D eigenvalue weighted by Crippen LogP contribution is 2.07. The van der Waals surface area contributed by atoms with Crippen LogP contribution in [0.15, 0.2) is 18.5 Å². The molecule has 1 amide bonds. The molecule has 0 radical (unpaired) electrons. The first-order chi connectivity index (χ1) is 7.52. The normalized spacial score (nSPS) is 14.1. The second-order valence-corrected chi connectivity index (χ2v) is 5.28. The van der Waals surface area contributed by atoms with Crippen LogP contribution in [0, 0.1) is 0 Å². The number of nitrogens with one attached hydrogen (secondary N) is 1. The van der Waals surface area contributed by atoms with Gasteiger partial charge < -0.3 is 11.1 Å². The molecule has 2 atom stereocenters. The fraction of sp³-hybridized carbons (Fsp3) is 0.400. The summed E-state index contributed by atoms with van der Waals surface area (Å²) >= 11 is 0. The van der Waals surface area contributed by atoms with Gasteiger partial charge in [0, 0.05) is 46.9 Å². The summed E-state index contributed by atoms with van der Waals surface area (Å²) < 4.78 is 11.1. The number of amides is 1. The highest BCUT2D eigenvalue weighted by Gasteiger charge is 2.12. The predicted molar refractivity (Wildman–Crippen MR) is 64.5 cm³/mol. The van der Waals surface area contributed by atoms with Crippen LogP contribution in [-0.4, -0.2) is 33.2 Å². The van der Waals surface area contributed by atoms with Crippen molar-refractivity contribution in [2.24, 2.45) is 0 Å². The van der Waals surface area contributed by atoms with E-state index in [1.165, 1.54) is 12.4 Å². The average molecular weight is 241 g/mol. The first-order valence-corrected chi connectivity index (χ1v) is 6.44. The van der Waals surface area contributed by atoms with Crippen LogP contribution in [0.3, 0.4) is 0 Å². The topological polar surface area (TPSA) is 85.1 Å². The Morgan fingerprint density at radius 2 is 2.38 bits per heavy atom. The number of hydrogen-bond donors (Lipinski definition) is 2. The second-order valence-electron chi connectivity index (χ2n) is 3.48. The van der Waals surface area contributed by atoms with Crippen LogP contribution in [0.1, 0.15) is 17.3 Å². The first-order valence-electron chi connectivity index (χ1n) is 4.82. The minimum atomic E-state index is -0.950. The van der Waals surface area contributed by atoms with Crippen LogP contribution in [0.25, 0.3) is 0 Å². The maximum absolute atomic E-state index is 11.7. The van der Waals surface area contributed by atoms with E-state index in [4.69, 9.17) is 5.73 Å². The van der Waals surface area contributed by atoms with Gasteiger partial charge in [-0.05, 0) is 13.0 Å². The van der Waals surface area contributed by atoms with Gasteiger partial charge in [0.2, 0.25) is 0 Å². The summed E-state index contributed by atoms with van der Waals surface area (Å²) in [6, 6.07) is 1.57. The van der Waals surface area contributed by atoms with E-state index in [-0.39, 0.29) is 11.2 Å². The third-order valence-electron chi connectivity index (χ3n) is 2.22. The van der Waals surface area contributed by atoms with Gasteiger partial charge in [-0.2, -0.15) is 0 Å². The second kappa shape index (κ2) is 5.60. The van der Waals surface area contributed by atoms with Crippen molar-refractivity contribution in [3.8, 4) is 0 Å². The van der Waals surface area contributed by atoms with Crippen molar-refractivity contribution in [2.75, 3.05) is 18.5 Å². The van der Waals surface area contributed by atoms with Crippen LogP contribution in [0.4, 0.5) is 5.69 Å². The molecule has 0 aliphatic carbocycles. The van der Waals surface area contributed by atoms with Crippen molar-refractivity contribution in [2.45, 2.75) is 12.2 Å². The lowest BCUT2D eigenvalue weighted by Gasteiger charge is -2.10. The van der Waals surface area contributed by atoms with E-state index in [9.17, 15) is 9.00 Å². The molecule has 0 bridgehead atoms. The molecule has 6 heteroatoms. The summed E-state index contributed by atoms with van der Waals surface area (Å²) in [4.78, 5) is 15.5. The third-order valence-corrected chi connectivity index (χ3v) is 3.52. The zero-order chi connectivity index (χ0) is 12.1. The number of nitrogens with zero attached hydrogens (tertiary/aromatic N) is 1. The summed E-state index contributed by atoms with van der Waals surface area (Å²) in [5.41, 5.74) is 6.36. The Labute approximate surface area is 96.9 Å². The molecule has 2 unspecified atom stereocenters. The van der Waals surface area contributed by atoms with E-state index in [0.717, 1.165) is 0 Å². The molecule has 0 aromatic carbocycles. The lowest BCUT2D eigenvalue weighted by atomic mass is 10.2. The molecule has 1 aromatic heterocycles. The van der Waals surface area contributed by atoms with Gasteiger partial charge in [0.1, 0.15) is 0 Å². The highest BCUT2D eigenvalue weighted by molar-refractivity contribution is 7.84. The van der Waals surface area contributed by atoms with Gasteiger partial charge in [-0.25, -0.2) is 0 Å². The minimum absolute atomic E-state index is 0.0816. The quantitative estimate of drug-likeness (QED) is 0.786. The molecule has 88 valence electrons. The highest BCUT2D eigenvalue weighted by atomic mass is 32.2.